The summed E-state index contributed by atoms with van der Waals surface area (Å²) in [6.45, 7) is 8.43. The molecule has 0 aliphatic carbocycles. The molecule has 13 heteroatoms. The second-order valence-electron chi connectivity index (χ2n) is 11.5. The SMILES string of the molecule is CCn1ncc2c(NC3CCN(C(N)=O)CC3)c(C(=O)NCc3ccc(C)c(C)c3)cnc21.O=S(=O)(O)c1cccc2ccccc12. The van der Waals surface area contributed by atoms with Gasteiger partial charge in [-0.25, -0.2) is 14.5 Å². The van der Waals surface area contributed by atoms with E-state index in [2.05, 4.69) is 46.7 Å². The summed E-state index contributed by atoms with van der Waals surface area (Å²) >= 11 is 0. The Balaban J connectivity index is 0.000000257. The average Bonchev–Trinajstić information content (AvgIpc) is 3.49. The van der Waals surface area contributed by atoms with Gasteiger partial charge in [0.15, 0.2) is 5.65 Å². The maximum absolute atomic E-state index is 13.2. The Morgan fingerprint density at radius 3 is 2.38 bits per heavy atom. The van der Waals surface area contributed by atoms with Gasteiger partial charge >= 0.3 is 6.03 Å². The van der Waals surface area contributed by atoms with Crippen LogP contribution in [-0.4, -0.2) is 63.7 Å². The minimum Gasteiger partial charge on any atom is -0.381 e. The number of hydrogen-bond acceptors (Lipinski definition) is 7. The standard InChI is InChI=1S/C24H31N7O2.C10H8O3S/c1-4-31-22-19(14-28-31)21(29-18-7-9-30(10-8-18)24(25)33)20(13-26-22)23(32)27-12-17-6-5-15(2)16(3)11-17;11-14(12,13)10-7-3-5-8-4-1-2-6-9(8)10/h5-6,11,13-14,18H,4,7-10,12H2,1-3H3,(H2,25,33)(H,26,29)(H,27,32);1-7H,(H,11,12,13). The predicted molar refractivity (Wildman–Crippen MR) is 182 cm³/mol. The zero-order valence-electron chi connectivity index (χ0n) is 26.6. The Labute approximate surface area is 273 Å². The zero-order valence-corrected chi connectivity index (χ0v) is 27.4. The molecule has 1 aliphatic heterocycles. The van der Waals surface area contributed by atoms with E-state index in [0.717, 1.165) is 40.5 Å². The highest BCUT2D eigenvalue weighted by atomic mass is 32.2. The number of aromatic nitrogens is 3. The van der Waals surface area contributed by atoms with Gasteiger partial charge in [-0.2, -0.15) is 13.5 Å². The number of hydrogen-bond donors (Lipinski definition) is 4. The van der Waals surface area contributed by atoms with E-state index >= 15 is 0 Å². The Morgan fingerprint density at radius 2 is 1.70 bits per heavy atom. The fourth-order valence-corrected chi connectivity index (χ4v) is 6.36. The van der Waals surface area contributed by atoms with Crippen molar-refractivity contribution >= 4 is 49.5 Å². The van der Waals surface area contributed by atoms with Gasteiger partial charge in [0, 0.05) is 43.8 Å². The number of anilines is 1. The highest BCUT2D eigenvalue weighted by molar-refractivity contribution is 7.86. The van der Waals surface area contributed by atoms with Crippen LogP contribution in [0.2, 0.25) is 0 Å². The summed E-state index contributed by atoms with van der Waals surface area (Å²) in [5, 5.41) is 13.2. The largest absolute Gasteiger partial charge is 0.381 e. The molecule has 3 aromatic carbocycles. The molecule has 0 atom stereocenters. The molecule has 6 rings (SSSR count). The van der Waals surface area contributed by atoms with Crippen LogP contribution in [-0.2, 0) is 23.2 Å². The first-order chi connectivity index (χ1) is 22.5. The number of piperidine rings is 1. The lowest BCUT2D eigenvalue weighted by Crippen LogP contribution is -2.44. The fraction of sp³-hybridized carbons (Fsp3) is 0.294. The summed E-state index contributed by atoms with van der Waals surface area (Å²) in [6, 6.07) is 17.7. The summed E-state index contributed by atoms with van der Waals surface area (Å²) in [6.07, 6.45) is 4.87. The van der Waals surface area contributed by atoms with Crippen LogP contribution in [0, 0.1) is 13.8 Å². The van der Waals surface area contributed by atoms with E-state index in [9.17, 15) is 18.0 Å². The van der Waals surface area contributed by atoms with Gasteiger partial charge in [0.05, 0.1) is 22.8 Å². The number of nitrogens with zero attached hydrogens (tertiary/aromatic N) is 4. The van der Waals surface area contributed by atoms with Crippen molar-refractivity contribution in [2.24, 2.45) is 5.73 Å². The summed E-state index contributed by atoms with van der Waals surface area (Å²) in [4.78, 5) is 30.8. The number of carbonyl (C=O) groups excluding carboxylic acids is 2. The number of urea groups is 1. The van der Waals surface area contributed by atoms with E-state index in [1.165, 1.54) is 17.2 Å². The van der Waals surface area contributed by atoms with Crippen LogP contribution in [0.5, 0.6) is 0 Å². The number of pyridine rings is 1. The van der Waals surface area contributed by atoms with Crippen molar-refractivity contribution in [2.75, 3.05) is 18.4 Å². The van der Waals surface area contributed by atoms with Gasteiger partial charge in [-0.3, -0.25) is 9.35 Å². The third-order valence-electron chi connectivity index (χ3n) is 8.42. The topological polar surface area (TPSA) is 173 Å². The molecule has 0 radical (unpaired) electrons. The molecule has 1 saturated heterocycles. The van der Waals surface area contributed by atoms with Crippen LogP contribution in [0.1, 0.15) is 46.8 Å². The van der Waals surface area contributed by atoms with Crippen LogP contribution < -0.4 is 16.4 Å². The van der Waals surface area contributed by atoms with Crippen molar-refractivity contribution in [1.82, 2.24) is 25.0 Å². The summed E-state index contributed by atoms with van der Waals surface area (Å²) in [5.41, 5.74) is 10.8. The van der Waals surface area contributed by atoms with Crippen molar-refractivity contribution in [3.63, 3.8) is 0 Å². The fourth-order valence-electron chi connectivity index (χ4n) is 5.65. The molecule has 5 aromatic rings. The molecule has 3 heterocycles. The predicted octanol–water partition coefficient (Wildman–Crippen LogP) is 5.04. The first kappa shape index (κ1) is 33.4. The minimum absolute atomic E-state index is 0.0457. The Bertz CT molecular complexity index is 2030. The molecule has 0 unspecified atom stereocenters. The number of likely N-dealkylation sites (tertiary alicyclic amines) is 1. The molecule has 0 saturated carbocycles. The lowest BCUT2D eigenvalue weighted by molar-refractivity contribution is 0.0951. The van der Waals surface area contributed by atoms with Gasteiger partial charge in [0.25, 0.3) is 16.0 Å². The number of nitrogens with two attached hydrogens (primary N) is 1. The normalized spacial score (nSPS) is 13.7. The van der Waals surface area contributed by atoms with Crippen LogP contribution in [0.15, 0.2) is 78.0 Å². The monoisotopic (exact) mass is 657 g/mol. The molecule has 1 fully saturated rings. The van der Waals surface area contributed by atoms with Crippen molar-refractivity contribution in [2.45, 2.75) is 57.6 Å². The van der Waals surface area contributed by atoms with Crippen LogP contribution in [0.4, 0.5) is 10.5 Å². The van der Waals surface area contributed by atoms with Gasteiger partial charge in [-0.1, -0.05) is 54.6 Å². The highest BCUT2D eigenvalue weighted by Gasteiger charge is 2.25. The van der Waals surface area contributed by atoms with Crippen LogP contribution in [0.3, 0.4) is 0 Å². The van der Waals surface area contributed by atoms with Crippen LogP contribution in [0.25, 0.3) is 21.8 Å². The van der Waals surface area contributed by atoms with Gasteiger partial charge < -0.3 is 21.3 Å². The number of nitrogens with one attached hydrogen (secondary N) is 2. The lowest BCUT2D eigenvalue weighted by atomic mass is 10.0. The van der Waals surface area contributed by atoms with E-state index in [-0.39, 0.29) is 16.8 Å². The van der Waals surface area contributed by atoms with E-state index in [1.54, 1.807) is 47.6 Å². The first-order valence-electron chi connectivity index (χ1n) is 15.4. The van der Waals surface area contributed by atoms with Crippen molar-refractivity contribution < 1.29 is 22.6 Å². The number of benzene rings is 3. The highest BCUT2D eigenvalue weighted by Crippen LogP contribution is 2.29. The molecular weight excluding hydrogens is 618 g/mol. The van der Waals surface area contributed by atoms with E-state index < -0.39 is 16.1 Å². The summed E-state index contributed by atoms with van der Waals surface area (Å²) in [5.74, 6) is -0.191. The van der Waals surface area contributed by atoms with Gasteiger partial charge in [0.2, 0.25) is 0 Å². The van der Waals surface area contributed by atoms with Gasteiger partial charge in [-0.15, -0.1) is 0 Å². The molecule has 246 valence electrons. The van der Waals surface area contributed by atoms with Gasteiger partial charge in [0.1, 0.15) is 4.90 Å². The van der Waals surface area contributed by atoms with E-state index in [1.807, 2.05) is 23.7 Å². The zero-order chi connectivity index (χ0) is 33.7. The quantitative estimate of drug-likeness (QED) is 0.176. The molecule has 0 spiro atoms. The minimum atomic E-state index is -4.13. The molecular formula is C34H39N7O5S. The van der Waals surface area contributed by atoms with E-state index in [4.69, 9.17) is 10.3 Å². The van der Waals surface area contributed by atoms with Crippen molar-refractivity contribution in [3.8, 4) is 0 Å². The van der Waals surface area contributed by atoms with Crippen LogP contribution >= 0.6 is 0 Å². The Kier molecular flexibility index (Phi) is 10.1. The Morgan fingerprint density at radius 1 is 0.979 bits per heavy atom. The third kappa shape index (κ3) is 7.69. The summed E-state index contributed by atoms with van der Waals surface area (Å²) in [7, 11) is -4.13. The summed E-state index contributed by atoms with van der Waals surface area (Å²) < 4.78 is 32.8. The second-order valence-corrected chi connectivity index (χ2v) is 12.9. The number of primary amides is 1. The number of amides is 3. The van der Waals surface area contributed by atoms with Crippen molar-refractivity contribution in [1.29, 1.82) is 0 Å². The molecule has 12 nitrogen and oxygen atoms in total. The van der Waals surface area contributed by atoms with E-state index in [0.29, 0.717) is 37.1 Å². The molecule has 2 aromatic heterocycles. The molecule has 5 N–H and O–H groups in total. The Hall–Kier alpha value is -5.01. The third-order valence-corrected chi connectivity index (χ3v) is 9.33. The second kappa shape index (κ2) is 14.2. The smallest absolute Gasteiger partial charge is 0.314 e. The molecule has 1 aliphatic rings. The molecule has 0 bridgehead atoms. The average molecular weight is 658 g/mol. The first-order valence-corrected chi connectivity index (χ1v) is 16.8. The number of fused-ring (bicyclic) bond motifs is 2. The van der Waals surface area contributed by atoms with Gasteiger partial charge in [-0.05, 0) is 61.8 Å². The lowest BCUT2D eigenvalue weighted by Gasteiger charge is -2.32. The number of rotatable bonds is 7. The number of aryl methyl sites for hydroxylation is 3. The molecule has 3 amide bonds. The molecule has 47 heavy (non-hydrogen) atoms. The van der Waals surface area contributed by atoms with Crippen molar-refractivity contribution in [3.05, 3.63) is 95.3 Å². The number of carbonyl (C=O) groups is 2. The maximum atomic E-state index is 13.2. The maximum Gasteiger partial charge on any atom is 0.314 e.